The van der Waals surface area contributed by atoms with Crippen LogP contribution in [0.3, 0.4) is 0 Å². The first-order valence-electron chi connectivity index (χ1n) is 6.30. The molecule has 7 heteroatoms. The summed E-state index contributed by atoms with van der Waals surface area (Å²) in [4.78, 5) is 11.8. The zero-order valence-electron chi connectivity index (χ0n) is 11.1. The molecule has 2 aromatic carbocycles. The predicted molar refractivity (Wildman–Crippen MR) is 83.6 cm³/mol. The standard InChI is InChI=1S/C14H14BClN2O3/c16-11-6-7-12(15(20)21)13(8-11)18-14(19)17-9-10-4-2-1-3-5-10/h1-8,20-21H,9H2,(H2,17,18,19). The molecule has 0 bridgehead atoms. The third kappa shape index (κ3) is 4.49. The monoisotopic (exact) mass is 304 g/mol. The fourth-order valence-corrected chi connectivity index (χ4v) is 1.98. The maximum absolute atomic E-state index is 11.8. The Kier molecular flexibility index (Phi) is 5.22. The number of halogens is 1. The molecule has 21 heavy (non-hydrogen) atoms. The van der Waals surface area contributed by atoms with Gasteiger partial charge in [-0.05, 0) is 17.7 Å². The summed E-state index contributed by atoms with van der Waals surface area (Å²) in [5.74, 6) is 0. The van der Waals surface area contributed by atoms with Crippen molar-refractivity contribution < 1.29 is 14.8 Å². The number of nitrogens with one attached hydrogen (secondary N) is 2. The van der Waals surface area contributed by atoms with Gasteiger partial charge in [0.1, 0.15) is 0 Å². The summed E-state index contributed by atoms with van der Waals surface area (Å²) in [6.07, 6.45) is 0. The lowest BCUT2D eigenvalue weighted by Crippen LogP contribution is -2.36. The molecule has 2 rings (SSSR count). The number of carbonyl (C=O) groups excluding carboxylic acids is 1. The number of anilines is 1. The van der Waals surface area contributed by atoms with Gasteiger partial charge in [-0.3, -0.25) is 0 Å². The maximum Gasteiger partial charge on any atom is 0.490 e. The molecule has 0 aromatic heterocycles. The van der Waals surface area contributed by atoms with Crippen LogP contribution in [0.1, 0.15) is 5.56 Å². The Morgan fingerprint density at radius 3 is 2.52 bits per heavy atom. The smallest absolute Gasteiger partial charge is 0.423 e. The van der Waals surface area contributed by atoms with Gasteiger partial charge in [-0.25, -0.2) is 4.79 Å². The number of hydrogen-bond acceptors (Lipinski definition) is 3. The highest BCUT2D eigenvalue weighted by Crippen LogP contribution is 2.13. The lowest BCUT2D eigenvalue weighted by atomic mass is 9.79. The highest BCUT2D eigenvalue weighted by atomic mass is 35.5. The van der Waals surface area contributed by atoms with Crippen molar-refractivity contribution in [2.24, 2.45) is 0 Å². The van der Waals surface area contributed by atoms with Crippen LogP contribution in [0.25, 0.3) is 0 Å². The second kappa shape index (κ2) is 7.13. The van der Waals surface area contributed by atoms with Gasteiger partial charge in [-0.1, -0.05) is 48.0 Å². The molecule has 108 valence electrons. The van der Waals surface area contributed by atoms with E-state index in [9.17, 15) is 14.8 Å². The summed E-state index contributed by atoms with van der Waals surface area (Å²) in [6.45, 7) is 0.365. The van der Waals surface area contributed by atoms with E-state index >= 15 is 0 Å². The molecule has 0 aliphatic heterocycles. The second-order valence-electron chi connectivity index (χ2n) is 4.40. The normalized spacial score (nSPS) is 10.0. The zero-order chi connectivity index (χ0) is 15.2. The molecule has 2 aromatic rings. The molecule has 0 unspecified atom stereocenters. The van der Waals surface area contributed by atoms with Crippen molar-refractivity contribution >= 4 is 35.9 Å². The SMILES string of the molecule is O=C(NCc1ccccc1)Nc1cc(Cl)ccc1B(O)O. The van der Waals surface area contributed by atoms with Crippen LogP contribution in [-0.4, -0.2) is 23.2 Å². The summed E-state index contributed by atoms with van der Waals surface area (Å²) >= 11 is 5.84. The third-order valence-corrected chi connectivity index (χ3v) is 3.07. The minimum absolute atomic E-state index is 0.175. The quantitative estimate of drug-likeness (QED) is 0.644. The van der Waals surface area contributed by atoms with Crippen LogP contribution in [0.15, 0.2) is 48.5 Å². The van der Waals surface area contributed by atoms with Gasteiger partial charge in [0, 0.05) is 22.7 Å². The van der Waals surface area contributed by atoms with E-state index in [0.29, 0.717) is 11.6 Å². The number of amides is 2. The number of rotatable bonds is 4. The maximum atomic E-state index is 11.8. The molecule has 4 N–H and O–H groups in total. The molecule has 0 aliphatic carbocycles. The van der Waals surface area contributed by atoms with E-state index in [2.05, 4.69) is 10.6 Å². The Bertz CT molecular complexity index is 623. The van der Waals surface area contributed by atoms with Crippen LogP contribution in [-0.2, 0) is 6.54 Å². The Morgan fingerprint density at radius 2 is 1.86 bits per heavy atom. The summed E-state index contributed by atoms with van der Waals surface area (Å²) in [5, 5.41) is 24.1. The molecular formula is C14H14BClN2O3. The fraction of sp³-hybridized carbons (Fsp3) is 0.0714. The molecule has 0 radical (unpaired) electrons. The molecule has 5 nitrogen and oxygen atoms in total. The van der Waals surface area contributed by atoms with Crippen molar-refractivity contribution in [1.82, 2.24) is 5.32 Å². The van der Waals surface area contributed by atoms with Crippen LogP contribution < -0.4 is 16.1 Å². The first kappa shape index (κ1) is 15.4. The van der Waals surface area contributed by atoms with Gasteiger partial charge >= 0.3 is 13.1 Å². The number of hydrogen-bond donors (Lipinski definition) is 4. The Balaban J connectivity index is 2.01. The third-order valence-electron chi connectivity index (χ3n) is 2.84. The summed E-state index contributed by atoms with van der Waals surface area (Å²) < 4.78 is 0. The Morgan fingerprint density at radius 1 is 1.14 bits per heavy atom. The van der Waals surface area contributed by atoms with Crippen molar-refractivity contribution in [2.45, 2.75) is 6.54 Å². The van der Waals surface area contributed by atoms with Gasteiger partial charge in [-0.15, -0.1) is 0 Å². The number of urea groups is 1. The van der Waals surface area contributed by atoms with Gasteiger partial charge in [0.15, 0.2) is 0 Å². The van der Waals surface area contributed by atoms with Crippen LogP contribution in [0.4, 0.5) is 10.5 Å². The van der Waals surface area contributed by atoms with Gasteiger partial charge < -0.3 is 20.7 Å². The highest BCUT2D eigenvalue weighted by molar-refractivity contribution is 6.61. The lowest BCUT2D eigenvalue weighted by Gasteiger charge is -2.12. The molecule has 0 spiro atoms. The number of carbonyl (C=O) groups is 1. The molecular weight excluding hydrogens is 290 g/mol. The van der Waals surface area contributed by atoms with E-state index in [1.165, 1.54) is 18.2 Å². The van der Waals surface area contributed by atoms with Crippen molar-refractivity contribution in [3.63, 3.8) is 0 Å². The zero-order valence-corrected chi connectivity index (χ0v) is 11.8. The van der Waals surface area contributed by atoms with Gasteiger partial charge in [0.05, 0.1) is 0 Å². The van der Waals surface area contributed by atoms with Crippen molar-refractivity contribution in [2.75, 3.05) is 5.32 Å². The van der Waals surface area contributed by atoms with Gasteiger partial charge in [0.2, 0.25) is 0 Å². The first-order chi connectivity index (χ1) is 10.1. The topological polar surface area (TPSA) is 81.6 Å². The van der Waals surface area contributed by atoms with Crippen LogP contribution >= 0.6 is 11.6 Å². The molecule has 0 fully saturated rings. The molecule has 2 amide bonds. The average molecular weight is 305 g/mol. The van der Waals surface area contributed by atoms with E-state index in [-0.39, 0.29) is 11.2 Å². The van der Waals surface area contributed by atoms with E-state index in [0.717, 1.165) is 5.56 Å². The van der Waals surface area contributed by atoms with Gasteiger partial charge in [0.25, 0.3) is 0 Å². The molecule has 0 heterocycles. The van der Waals surface area contributed by atoms with Crippen molar-refractivity contribution in [3.05, 3.63) is 59.1 Å². The second-order valence-corrected chi connectivity index (χ2v) is 4.83. The van der Waals surface area contributed by atoms with E-state index < -0.39 is 13.1 Å². The molecule has 0 saturated carbocycles. The van der Waals surface area contributed by atoms with Crippen molar-refractivity contribution in [3.8, 4) is 0 Å². The number of benzene rings is 2. The molecule has 0 atom stereocenters. The average Bonchev–Trinajstić information content (AvgIpc) is 2.46. The predicted octanol–water partition coefficient (Wildman–Crippen LogP) is 1.34. The first-order valence-corrected chi connectivity index (χ1v) is 6.68. The van der Waals surface area contributed by atoms with Crippen molar-refractivity contribution in [1.29, 1.82) is 0 Å². The van der Waals surface area contributed by atoms with E-state index in [1.807, 2.05) is 30.3 Å². The minimum atomic E-state index is -1.69. The summed E-state index contributed by atoms with van der Waals surface area (Å²) in [5.41, 5.74) is 1.39. The summed E-state index contributed by atoms with van der Waals surface area (Å²) in [6, 6.07) is 13.4. The molecule has 0 saturated heterocycles. The largest absolute Gasteiger partial charge is 0.490 e. The van der Waals surface area contributed by atoms with E-state index in [1.54, 1.807) is 0 Å². The Hall–Kier alpha value is -2.02. The van der Waals surface area contributed by atoms with Crippen LogP contribution in [0.2, 0.25) is 5.02 Å². The fourth-order valence-electron chi connectivity index (χ4n) is 1.81. The van der Waals surface area contributed by atoms with Crippen LogP contribution in [0.5, 0.6) is 0 Å². The van der Waals surface area contributed by atoms with E-state index in [4.69, 9.17) is 11.6 Å². The Labute approximate surface area is 127 Å². The highest BCUT2D eigenvalue weighted by Gasteiger charge is 2.17. The van der Waals surface area contributed by atoms with Crippen LogP contribution in [0, 0.1) is 0 Å². The molecule has 0 aliphatic rings. The summed E-state index contributed by atoms with van der Waals surface area (Å²) in [7, 11) is -1.69. The lowest BCUT2D eigenvalue weighted by molar-refractivity contribution is 0.252. The minimum Gasteiger partial charge on any atom is -0.423 e. The van der Waals surface area contributed by atoms with Gasteiger partial charge in [-0.2, -0.15) is 0 Å².